The van der Waals surface area contributed by atoms with Crippen LogP contribution in [0.5, 0.6) is 0 Å². The number of carbonyl (C=O) groups is 2. The summed E-state index contributed by atoms with van der Waals surface area (Å²) in [5.74, 6) is -0.126. The van der Waals surface area contributed by atoms with E-state index < -0.39 is 6.04 Å². The molecule has 0 aromatic heterocycles. The van der Waals surface area contributed by atoms with E-state index in [0.29, 0.717) is 0 Å². The number of nitrogens with one attached hydrogen (secondary N) is 1. The predicted octanol–water partition coefficient (Wildman–Crippen LogP) is 3.69. The lowest BCUT2D eigenvalue weighted by Gasteiger charge is -2.22. The molecule has 2 aliphatic rings. The van der Waals surface area contributed by atoms with E-state index in [1.165, 1.54) is 4.90 Å². The summed E-state index contributed by atoms with van der Waals surface area (Å²) in [5.41, 5.74) is 0.831. The Morgan fingerprint density at radius 2 is 1.86 bits per heavy atom. The molecule has 1 unspecified atom stereocenters. The molecule has 1 saturated heterocycles. The van der Waals surface area contributed by atoms with Crippen molar-refractivity contribution in [2.75, 3.05) is 5.32 Å². The van der Waals surface area contributed by atoms with Gasteiger partial charge < -0.3 is 5.32 Å². The third-order valence-electron chi connectivity index (χ3n) is 4.13. The average molecular weight is 416 g/mol. The van der Waals surface area contributed by atoms with Crippen molar-refractivity contribution < 1.29 is 9.59 Å². The molecule has 3 rings (SSSR count). The molecule has 21 heavy (non-hydrogen) atoms. The first kappa shape index (κ1) is 15.0. The van der Waals surface area contributed by atoms with Crippen molar-refractivity contribution in [2.45, 2.75) is 44.2 Å². The zero-order chi connectivity index (χ0) is 15.0. The lowest BCUT2D eigenvalue weighted by Crippen LogP contribution is -2.41. The van der Waals surface area contributed by atoms with Crippen LogP contribution in [0.4, 0.5) is 5.69 Å². The van der Waals surface area contributed by atoms with Gasteiger partial charge in [-0.15, -0.1) is 0 Å². The molecule has 1 aliphatic heterocycles. The van der Waals surface area contributed by atoms with Crippen LogP contribution in [-0.4, -0.2) is 28.8 Å². The normalized spacial score (nSPS) is 23.1. The Hall–Kier alpha value is -0.880. The van der Waals surface area contributed by atoms with Crippen LogP contribution in [0.25, 0.3) is 0 Å². The Balaban J connectivity index is 1.75. The molecular formula is C15H16Br2N2O2. The van der Waals surface area contributed by atoms with Gasteiger partial charge in [0.05, 0.1) is 6.42 Å². The minimum absolute atomic E-state index is 0.0439. The summed E-state index contributed by atoms with van der Waals surface area (Å²) in [6.07, 6.45) is 4.37. The van der Waals surface area contributed by atoms with Crippen molar-refractivity contribution in [3.8, 4) is 0 Å². The van der Waals surface area contributed by atoms with E-state index in [9.17, 15) is 9.59 Å². The lowest BCUT2D eigenvalue weighted by atomic mass is 10.2. The number of anilines is 1. The molecule has 1 atom stereocenters. The Morgan fingerprint density at radius 3 is 2.52 bits per heavy atom. The highest BCUT2D eigenvalue weighted by atomic mass is 79.9. The Bertz CT molecular complexity index is 585. The Kier molecular flexibility index (Phi) is 4.36. The van der Waals surface area contributed by atoms with Gasteiger partial charge in [-0.1, -0.05) is 28.8 Å². The zero-order valence-electron chi connectivity index (χ0n) is 11.4. The van der Waals surface area contributed by atoms with Crippen molar-refractivity contribution in [1.29, 1.82) is 0 Å². The maximum atomic E-state index is 12.5. The van der Waals surface area contributed by atoms with E-state index in [2.05, 4.69) is 37.2 Å². The first-order valence-electron chi connectivity index (χ1n) is 7.14. The fourth-order valence-corrected chi connectivity index (χ4v) is 4.27. The zero-order valence-corrected chi connectivity index (χ0v) is 14.6. The van der Waals surface area contributed by atoms with Gasteiger partial charge in [0, 0.05) is 20.7 Å². The average Bonchev–Trinajstić information content (AvgIpc) is 3.02. The van der Waals surface area contributed by atoms with E-state index in [4.69, 9.17) is 0 Å². The molecule has 1 heterocycles. The first-order valence-corrected chi connectivity index (χ1v) is 8.72. The van der Waals surface area contributed by atoms with E-state index >= 15 is 0 Å². The molecule has 0 spiro atoms. The number of rotatable bonds is 3. The SMILES string of the molecule is O=C1CC(Nc2ccc(Br)cc2Br)C(=O)N1C1CCCC1. The van der Waals surface area contributed by atoms with Crippen LogP contribution in [0.2, 0.25) is 0 Å². The fourth-order valence-electron chi connectivity index (χ4n) is 3.10. The minimum atomic E-state index is -0.449. The third-order valence-corrected chi connectivity index (χ3v) is 5.28. The number of nitrogens with zero attached hydrogens (tertiary/aromatic N) is 1. The van der Waals surface area contributed by atoms with Crippen LogP contribution < -0.4 is 5.32 Å². The van der Waals surface area contributed by atoms with Gasteiger partial charge in [-0.3, -0.25) is 14.5 Å². The summed E-state index contributed by atoms with van der Waals surface area (Å²) < 4.78 is 1.83. The molecule has 112 valence electrons. The van der Waals surface area contributed by atoms with Crippen LogP contribution in [0.3, 0.4) is 0 Å². The van der Waals surface area contributed by atoms with Crippen molar-refractivity contribution in [1.82, 2.24) is 4.90 Å². The monoisotopic (exact) mass is 414 g/mol. The van der Waals surface area contributed by atoms with Gasteiger partial charge in [0.15, 0.2) is 0 Å². The van der Waals surface area contributed by atoms with Gasteiger partial charge in [-0.25, -0.2) is 0 Å². The first-order chi connectivity index (χ1) is 10.1. The number of hydrogen-bond donors (Lipinski definition) is 1. The molecule has 2 amide bonds. The molecule has 2 fully saturated rings. The summed E-state index contributed by atoms with van der Waals surface area (Å²) in [6.45, 7) is 0. The van der Waals surface area contributed by atoms with E-state index in [0.717, 1.165) is 40.3 Å². The summed E-state index contributed by atoms with van der Waals surface area (Å²) in [6, 6.07) is 5.38. The maximum absolute atomic E-state index is 12.5. The van der Waals surface area contributed by atoms with Gasteiger partial charge in [-0.2, -0.15) is 0 Å². The second-order valence-corrected chi connectivity index (χ2v) is 7.34. The second-order valence-electron chi connectivity index (χ2n) is 5.57. The molecule has 0 bridgehead atoms. The van der Waals surface area contributed by atoms with Gasteiger partial charge >= 0.3 is 0 Å². The van der Waals surface area contributed by atoms with Crippen molar-refractivity contribution in [2.24, 2.45) is 0 Å². The standard InChI is InChI=1S/C15H16Br2N2O2/c16-9-5-6-12(11(17)7-9)18-13-8-14(20)19(15(13)21)10-3-1-2-4-10/h5-7,10,13,18H,1-4,8H2. The molecule has 1 N–H and O–H groups in total. The Labute approximate surface area is 140 Å². The lowest BCUT2D eigenvalue weighted by molar-refractivity contribution is -0.141. The molecule has 4 nitrogen and oxygen atoms in total. The summed E-state index contributed by atoms with van der Waals surface area (Å²) in [4.78, 5) is 26.2. The van der Waals surface area contributed by atoms with Gasteiger partial charge in [-0.05, 0) is 47.0 Å². The predicted molar refractivity (Wildman–Crippen MR) is 88.0 cm³/mol. The number of halogens is 2. The summed E-state index contributed by atoms with van der Waals surface area (Å²) in [7, 11) is 0. The quantitative estimate of drug-likeness (QED) is 0.765. The van der Waals surface area contributed by atoms with E-state index in [1.54, 1.807) is 0 Å². The van der Waals surface area contributed by atoms with Crippen molar-refractivity contribution in [3.63, 3.8) is 0 Å². The van der Waals surface area contributed by atoms with E-state index in [1.807, 2.05) is 18.2 Å². The summed E-state index contributed by atoms with van der Waals surface area (Å²) in [5, 5.41) is 3.19. The number of benzene rings is 1. The molecule has 1 aromatic carbocycles. The summed E-state index contributed by atoms with van der Waals surface area (Å²) >= 11 is 6.87. The number of amides is 2. The number of imide groups is 1. The molecule has 1 aromatic rings. The van der Waals surface area contributed by atoms with Crippen LogP contribution in [-0.2, 0) is 9.59 Å². The van der Waals surface area contributed by atoms with Crippen LogP contribution >= 0.6 is 31.9 Å². The van der Waals surface area contributed by atoms with E-state index in [-0.39, 0.29) is 24.3 Å². The molecule has 1 saturated carbocycles. The molecule has 1 aliphatic carbocycles. The van der Waals surface area contributed by atoms with Gasteiger partial charge in [0.25, 0.3) is 5.91 Å². The smallest absolute Gasteiger partial charge is 0.252 e. The fraction of sp³-hybridized carbons (Fsp3) is 0.467. The number of hydrogen-bond acceptors (Lipinski definition) is 3. The largest absolute Gasteiger partial charge is 0.372 e. The highest BCUT2D eigenvalue weighted by Gasteiger charge is 2.43. The molecule has 0 radical (unpaired) electrons. The topological polar surface area (TPSA) is 49.4 Å². The van der Waals surface area contributed by atoms with Crippen LogP contribution in [0.1, 0.15) is 32.1 Å². The van der Waals surface area contributed by atoms with Crippen molar-refractivity contribution >= 4 is 49.4 Å². The van der Waals surface area contributed by atoms with Crippen LogP contribution in [0.15, 0.2) is 27.1 Å². The van der Waals surface area contributed by atoms with Crippen LogP contribution in [0, 0.1) is 0 Å². The second kappa shape index (κ2) is 6.08. The molecule has 6 heteroatoms. The third kappa shape index (κ3) is 3.01. The number of carbonyl (C=O) groups excluding carboxylic acids is 2. The van der Waals surface area contributed by atoms with Gasteiger partial charge in [0.1, 0.15) is 6.04 Å². The van der Waals surface area contributed by atoms with Gasteiger partial charge in [0.2, 0.25) is 5.91 Å². The maximum Gasteiger partial charge on any atom is 0.252 e. The minimum Gasteiger partial charge on any atom is -0.372 e. The number of likely N-dealkylation sites (tertiary alicyclic amines) is 1. The molecular weight excluding hydrogens is 400 g/mol. The highest BCUT2D eigenvalue weighted by Crippen LogP contribution is 2.31. The highest BCUT2D eigenvalue weighted by molar-refractivity contribution is 9.11. The van der Waals surface area contributed by atoms with Crippen molar-refractivity contribution in [3.05, 3.63) is 27.1 Å². The Morgan fingerprint density at radius 1 is 1.14 bits per heavy atom.